The summed E-state index contributed by atoms with van der Waals surface area (Å²) in [5, 5.41) is 2.80. The molecule has 1 N–H and O–H groups in total. The van der Waals surface area contributed by atoms with Gasteiger partial charge >= 0.3 is 0 Å². The lowest BCUT2D eigenvalue weighted by molar-refractivity contribution is -0.127. The summed E-state index contributed by atoms with van der Waals surface area (Å²) in [6.07, 6.45) is 5.39. The summed E-state index contributed by atoms with van der Waals surface area (Å²) in [4.78, 5) is 26.7. The number of carbonyl (C=O) groups is 2. The highest BCUT2D eigenvalue weighted by molar-refractivity contribution is 6.03. The fourth-order valence-corrected chi connectivity index (χ4v) is 2.90. The van der Waals surface area contributed by atoms with Crippen LogP contribution >= 0.6 is 0 Å². The second kappa shape index (κ2) is 7.70. The maximum Gasteiger partial charge on any atom is 0.248 e. The van der Waals surface area contributed by atoms with Crippen molar-refractivity contribution in [2.24, 2.45) is 5.41 Å². The molecule has 2 heterocycles. The number of nitrogens with zero attached hydrogens (tertiary/aromatic N) is 1. The van der Waals surface area contributed by atoms with Crippen LogP contribution in [0.3, 0.4) is 0 Å². The Morgan fingerprint density at radius 3 is 2.85 bits per heavy atom. The van der Waals surface area contributed by atoms with E-state index in [4.69, 9.17) is 9.15 Å². The van der Waals surface area contributed by atoms with Crippen LogP contribution in [0.15, 0.2) is 47.1 Å². The highest BCUT2D eigenvalue weighted by Crippen LogP contribution is 2.38. The number of fused-ring (bicyclic) bond motifs is 1. The first kappa shape index (κ1) is 18.8. The van der Waals surface area contributed by atoms with Crippen LogP contribution in [-0.4, -0.2) is 25.0 Å². The van der Waals surface area contributed by atoms with Gasteiger partial charge in [-0.05, 0) is 50.6 Å². The molecule has 0 spiro atoms. The van der Waals surface area contributed by atoms with Crippen molar-refractivity contribution >= 4 is 29.3 Å². The highest BCUT2D eigenvalue weighted by atomic mass is 16.5. The summed E-state index contributed by atoms with van der Waals surface area (Å²) in [6, 6.07) is 8.86. The second-order valence-corrected chi connectivity index (χ2v) is 7.15. The normalized spacial score (nSPS) is 16.0. The maximum absolute atomic E-state index is 12.8. The zero-order chi connectivity index (χ0) is 19.4. The van der Waals surface area contributed by atoms with Crippen molar-refractivity contribution in [3.63, 3.8) is 0 Å². The molecule has 3 rings (SSSR count). The third kappa shape index (κ3) is 4.22. The predicted octanol–water partition coefficient (Wildman–Crippen LogP) is 4.09. The van der Waals surface area contributed by atoms with Crippen LogP contribution in [0.25, 0.3) is 6.08 Å². The standard InChI is InChI=1S/C21H24N2O4/c1-4-11-23-17-9-7-15(13-18(17)27-14-21(2,3)20(23)25)22-19(24)10-8-16-6-5-12-26-16/h5-10,12-13H,4,11,14H2,1-3H3,(H,22,24)/b10-8+. The number of nitrogens with one attached hydrogen (secondary N) is 1. The van der Waals surface area contributed by atoms with Crippen LogP contribution in [0.1, 0.15) is 33.0 Å². The van der Waals surface area contributed by atoms with E-state index in [2.05, 4.69) is 5.32 Å². The lowest BCUT2D eigenvalue weighted by Crippen LogP contribution is -2.42. The van der Waals surface area contributed by atoms with Crippen LogP contribution in [0.5, 0.6) is 5.75 Å². The fraction of sp³-hybridized carbons (Fsp3) is 0.333. The minimum absolute atomic E-state index is 0.0428. The first-order chi connectivity index (χ1) is 12.9. The lowest BCUT2D eigenvalue weighted by atomic mass is 9.93. The smallest absolute Gasteiger partial charge is 0.248 e. The van der Waals surface area contributed by atoms with Crippen LogP contribution in [0.4, 0.5) is 11.4 Å². The highest BCUT2D eigenvalue weighted by Gasteiger charge is 2.37. The Kier molecular flexibility index (Phi) is 5.35. The van der Waals surface area contributed by atoms with Crippen molar-refractivity contribution in [3.05, 3.63) is 48.4 Å². The molecule has 0 saturated carbocycles. The molecule has 6 nitrogen and oxygen atoms in total. The summed E-state index contributed by atoms with van der Waals surface area (Å²) in [6.45, 7) is 6.70. The van der Waals surface area contributed by atoms with E-state index in [0.29, 0.717) is 23.7 Å². The first-order valence-electron chi connectivity index (χ1n) is 9.02. The van der Waals surface area contributed by atoms with Gasteiger partial charge in [0.15, 0.2) is 0 Å². The largest absolute Gasteiger partial charge is 0.490 e. The zero-order valence-corrected chi connectivity index (χ0v) is 15.8. The molecule has 0 atom stereocenters. The number of hydrogen-bond donors (Lipinski definition) is 1. The molecular formula is C21H24N2O4. The molecule has 2 amide bonds. The van der Waals surface area contributed by atoms with Gasteiger partial charge in [-0.25, -0.2) is 0 Å². The minimum Gasteiger partial charge on any atom is -0.490 e. The van der Waals surface area contributed by atoms with E-state index in [1.807, 2.05) is 26.8 Å². The molecule has 1 aromatic heterocycles. The molecule has 142 valence electrons. The van der Waals surface area contributed by atoms with Crippen molar-refractivity contribution < 1.29 is 18.7 Å². The van der Waals surface area contributed by atoms with Crippen molar-refractivity contribution in [2.75, 3.05) is 23.4 Å². The van der Waals surface area contributed by atoms with E-state index in [1.165, 1.54) is 6.08 Å². The van der Waals surface area contributed by atoms with E-state index >= 15 is 0 Å². The van der Waals surface area contributed by atoms with Gasteiger partial charge in [-0.2, -0.15) is 0 Å². The van der Waals surface area contributed by atoms with Crippen molar-refractivity contribution in [1.29, 1.82) is 0 Å². The van der Waals surface area contributed by atoms with Crippen molar-refractivity contribution in [1.82, 2.24) is 0 Å². The van der Waals surface area contributed by atoms with Gasteiger partial charge in [-0.3, -0.25) is 9.59 Å². The van der Waals surface area contributed by atoms with Gasteiger partial charge in [-0.1, -0.05) is 6.92 Å². The molecule has 27 heavy (non-hydrogen) atoms. The fourth-order valence-electron chi connectivity index (χ4n) is 2.90. The number of furan rings is 1. The van der Waals surface area contributed by atoms with E-state index in [1.54, 1.807) is 41.5 Å². The molecule has 0 bridgehead atoms. The molecule has 0 unspecified atom stereocenters. The molecule has 1 aromatic carbocycles. The van der Waals surface area contributed by atoms with E-state index in [-0.39, 0.29) is 18.4 Å². The summed E-state index contributed by atoms with van der Waals surface area (Å²) in [5.41, 5.74) is 0.728. The number of amides is 2. The van der Waals surface area contributed by atoms with Crippen LogP contribution in [-0.2, 0) is 9.59 Å². The molecule has 0 radical (unpaired) electrons. The Labute approximate surface area is 158 Å². The maximum atomic E-state index is 12.8. The molecule has 0 aliphatic carbocycles. The molecule has 6 heteroatoms. The summed E-state index contributed by atoms with van der Waals surface area (Å²) < 4.78 is 11.1. The minimum atomic E-state index is -0.608. The topological polar surface area (TPSA) is 71.8 Å². The number of ether oxygens (including phenoxy) is 1. The number of benzene rings is 1. The third-order valence-electron chi connectivity index (χ3n) is 4.32. The Morgan fingerprint density at radius 2 is 2.15 bits per heavy atom. The molecular weight excluding hydrogens is 344 g/mol. The molecule has 0 saturated heterocycles. The number of hydrogen-bond acceptors (Lipinski definition) is 4. The molecule has 1 aliphatic rings. The number of carbonyl (C=O) groups excluding carboxylic acids is 2. The molecule has 1 aliphatic heterocycles. The van der Waals surface area contributed by atoms with Crippen LogP contribution < -0.4 is 15.0 Å². The molecule has 0 fully saturated rings. The summed E-state index contributed by atoms with van der Waals surface area (Å²) in [7, 11) is 0. The van der Waals surface area contributed by atoms with Gasteiger partial charge < -0.3 is 19.4 Å². The van der Waals surface area contributed by atoms with E-state index in [0.717, 1.165) is 12.1 Å². The Bertz CT molecular complexity index is 853. The van der Waals surface area contributed by atoms with Gasteiger partial charge in [0, 0.05) is 24.4 Å². The van der Waals surface area contributed by atoms with Crippen molar-refractivity contribution in [2.45, 2.75) is 27.2 Å². The average Bonchev–Trinajstić information content (AvgIpc) is 3.13. The van der Waals surface area contributed by atoms with Gasteiger partial charge in [0.25, 0.3) is 0 Å². The van der Waals surface area contributed by atoms with Gasteiger partial charge in [0.2, 0.25) is 11.8 Å². The van der Waals surface area contributed by atoms with Gasteiger partial charge in [0.1, 0.15) is 18.1 Å². The zero-order valence-electron chi connectivity index (χ0n) is 15.8. The quantitative estimate of drug-likeness (QED) is 0.807. The predicted molar refractivity (Wildman–Crippen MR) is 105 cm³/mol. The van der Waals surface area contributed by atoms with E-state index in [9.17, 15) is 9.59 Å². The third-order valence-corrected chi connectivity index (χ3v) is 4.32. The first-order valence-corrected chi connectivity index (χ1v) is 9.02. The van der Waals surface area contributed by atoms with Gasteiger partial charge in [0.05, 0.1) is 17.4 Å². The van der Waals surface area contributed by atoms with Crippen LogP contribution in [0.2, 0.25) is 0 Å². The number of anilines is 2. The Balaban J connectivity index is 1.80. The monoisotopic (exact) mass is 368 g/mol. The number of rotatable bonds is 5. The average molecular weight is 368 g/mol. The summed E-state index contributed by atoms with van der Waals surface area (Å²) in [5.74, 6) is 0.963. The Morgan fingerprint density at radius 1 is 1.33 bits per heavy atom. The molecule has 2 aromatic rings. The summed E-state index contributed by atoms with van der Waals surface area (Å²) >= 11 is 0. The van der Waals surface area contributed by atoms with Crippen molar-refractivity contribution in [3.8, 4) is 5.75 Å². The Hall–Kier alpha value is -3.02. The van der Waals surface area contributed by atoms with Gasteiger partial charge in [-0.15, -0.1) is 0 Å². The second-order valence-electron chi connectivity index (χ2n) is 7.15. The lowest BCUT2D eigenvalue weighted by Gasteiger charge is -2.27. The van der Waals surface area contributed by atoms with E-state index < -0.39 is 5.41 Å². The SMILES string of the molecule is CCCN1C(=O)C(C)(C)COc2cc(NC(=O)/C=C/c3ccco3)ccc21. The van der Waals surface area contributed by atoms with Crippen LogP contribution in [0, 0.1) is 5.41 Å².